The van der Waals surface area contributed by atoms with Crippen LogP contribution in [0.2, 0.25) is 10.0 Å². The minimum atomic E-state index is -0.0298. The van der Waals surface area contributed by atoms with Gasteiger partial charge < -0.3 is 15.4 Å². The first-order valence-corrected chi connectivity index (χ1v) is 9.66. The number of ether oxygens (including phenoxy) is 1. The van der Waals surface area contributed by atoms with Crippen LogP contribution < -0.4 is 10.6 Å². The van der Waals surface area contributed by atoms with Gasteiger partial charge in [-0.1, -0.05) is 35.3 Å². The van der Waals surface area contributed by atoms with Gasteiger partial charge in [0.05, 0.1) is 5.02 Å². The lowest BCUT2D eigenvalue weighted by Gasteiger charge is -2.38. The zero-order valence-electron chi connectivity index (χ0n) is 14.5. The van der Waals surface area contributed by atoms with E-state index in [1.54, 1.807) is 6.20 Å². The van der Waals surface area contributed by atoms with Gasteiger partial charge in [0.2, 0.25) is 0 Å². The lowest BCUT2D eigenvalue weighted by Crippen LogP contribution is -2.45. The Balaban J connectivity index is 1.68. The Bertz CT molecular complexity index is 777. The molecule has 4 nitrogen and oxygen atoms in total. The Morgan fingerprint density at radius 1 is 1.23 bits per heavy atom. The average Bonchev–Trinajstić information content (AvgIpc) is 2.64. The molecule has 0 saturated carbocycles. The smallest absolute Gasteiger partial charge is 0.171 e. The Morgan fingerprint density at radius 3 is 2.58 bits per heavy atom. The van der Waals surface area contributed by atoms with Crippen molar-refractivity contribution in [3.8, 4) is 0 Å². The number of anilines is 1. The molecule has 1 aromatic carbocycles. The predicted octanol–water partition coefficient (Wildman–Crippen LogP) is 4.73. The van der Waals surface area contributed by atoms with Gasteiger partial charge in [-0.15, -0.1) is 0 Å². The minimum Gasteiger partial charge on any atom is -0.381 e. The summed E-state index contributed by atoms with van der Waals surface area (Å²) in [4.78, 5) is 4.25. The van der Waals surface area contributed by atoms with E-state index in [1.807, 2.05) is 25.1 Å². The molecule has 138 valence electrons. The maximum absolute atomic E-state index is 6.05. The van der Waals surface area contributed by atoms with E-state index in [4.69, 9.17) is 40.2 Å². The second-order valence-electron chi connectivity index (χ2n) is 6.53. The lowest BCUT2D eigenvalue weighted by atomic mass is 9.74. The molecule has 0 atom stereocenters. The molecule has 0 amide bonds. The summed E-state index contributed by atoms with van der Waals surface area (Å²) in [5.41, 5.74) is 2.17. The fourth-order valence-electron chi connectivity index (χ4n) is 3.15. The highest BCUT2D eigenvalue weighted by atomic mass is 35.5. The molecule has 2 aromatic rings. The van der Waals surface area contributed by atoms with E-state index in [1.165, 1.54) is 5.56 Å². The van der Waals surface area contributed by atoms with E-state index >= 15 is 0 Å². The summed E-state index contributed by atoms with van der Waals surface area (Å²) in [7, 11) is 0. The van der Waals surface area contributed by atoms with Crippen LogP contribution in [0.1, 0.15) is 24.0 Å². The number of nitrogens with zero attached hydrogens (tertiary/aromatic N) is 1. The van der Waals surface area contributed by atoms with Gasteiger partial charge in [-0.05, 0) is 61.3 Å². The van der Waals surface area contributed by atoms with Gasteiger partial charge in [-0.25, -0.2) is 4.98 Å². The van der Waals surface area contributed by atoms with E-state index in [2.05, 4.69) is 27.8 Å². The van der Waals surface area contributed by atoms with Crippen molar-refractivity contribution in [2.24, 2.45) is 0 Å². The Labute approximate surface area is 169 Å². The first kappa shape index (κ1) is 19.4. The number of hydrogen-bond donors (Lipinski definition) is 2. The molecule has 0 unspecified atom stereocenters. The van der Waals surface area contributed by atoms with Crippen molar-refractivity contribution in [1.29, 1.82) is 0 Å². The molecule has 0 spiro atoms. The molecule has 3 rings (SSSR count). The summed E-state index contributed by atoms with van der Waals surface area (Å²) in [5, 5.41) is 8.39. The normalized spacial score (nSPS) is 16.1. The molecule has 2 N–H and O–H groups in total. The van der Waals surface area contributed by atoms with Crippen LogP contribution in [0.15, 0.2) is 36.5 Å². The number of halogens is 2. The first-order chi connectivity index (χ1) is 12.5. The van der Waals surface area contributed by atoms with Crippen molar-refractivity contribution >= 4 is 46.4 Å². The van der Waals surface area contributed by atoms with Crippen LogP contribution >= 0.6 is 35.4 Å². The molecule has 1 saturated heterocycles. The van der Waals surface area contributed by atoms with Crippen molar-refractivity contribution in [3.05, 3.63) is 57.7 Å². The van der Waals surface area contributed by atoms with Gasteiger partial charge in [-0.3, -0.25) is 0 Å². The summed E-state index contributed by atoms with van der Waals surface area (Å²) in [6, 6.07) is 9.93. The number of hydrogen-bond acceptors (Lipinski definition) is 3. The SMILES string of the molecule is Cc1cc(NC(=S)NCC2(c3ccc(Cl)cc3)CCOCC2)ncc1Cl. The summed E-state index contributed by atoms with van der Waals surface area (Å²) >= 11 is 17.5. The molecule has 1 fully saturated rings. The highest BCUT2D eigenvalue weighted by Gasteiger charge is 2.34. The molecule has 0 aliphatic carbocycles. The van der Waals surface area contributed by atoms with Gasteiger partial charge in [0.25, 0.3) is 0 Å². The Morgan fingerprint density at radius 2 is 1.92 bits per heavy atom. The minimum absolute atomic E-state index is 0.0298. The van der Waals surface area contributed by atoms with E-state index < -0.39 is 0 Å². The summed E-state index contributed by atoms with van der Waals surface area (Å²) in [6.45, 7) is 4.13. The van der Waals surface area contributed by atoms with Crippen molar-refractivity contribution in [2.45, 2.75) is 25.2 Å². The molecular formula is C19H21Cl2N3OS. The van der Waals surface area contributed by atoms with Gasteiger partial charge in [0.1, 0.15) is 5.82 Å². The predicted molar refractivity (Wildman–Crippen MR) is 111 cm³/mol. The van der Waals surface area contributed by atoms with Crippen molar-refractivity contribution < 1.29 is 4.74 Å². The van der Waals surface area contributed by atoms with Gasteiger partial charge in [0, 0.05) is 36.4 Å². The van der Waals surface area contributed by atoms with E-state index in [0.717, 1.165) is 43.2 Å². The maximum Gasteiger partial charge on any atom is 0.171 e. The van der Waals surface area contributed by atoms with Gasteiger partial charge in [0.15, 0.2) is 5.11 Å². The molecular weight excluding hydrogens is 389 g/mol. The van der Waals surface area contributed by atoms with Crippen molar-refractivity contribution in [2.75, 3.05) is 25.1 Å². The number of aromatic nitrogens is 1. The molecule has 1 aliphatic heterocycles. The number of thiocarbonyl (C=S) groups is 1. The van der Waals surface area contributed by atoms with E-state index in [-0.39, 0.29) is 5.41 Å². The van der Waals surface area contributed by atoms with E-state index in [0.29, 0.717) is 16.0 Å². The first-order valence-electron chi connectivity index (χ1n) is 8.49. The topological polar surface area (TPSA) is 46.2 Å². The van der Waals surface area contributed by atoms with Crippen LogP contribution in [0.5, 0.6) is 0 Å². The Kier molecular flexibility index (Phi) is 6.35. The second-order valence-corrected chi connectivity index (χ2v) is 7.78. The number of nitrogens with one attached hydrogen (secondary N) is 2. The lowest BCUT2D eigenvalue weighted by molar-refractivity contribution is 0.0515. The molecule has 1 aromatic heterocycles. The fourth-order valence-corrected chi connectivity index (χ4v) is 3.56. The highest BCUT2D eigenvalue weighted by Crippen LogP contribution is 2.35. The van der Waals surface area contributed by atoms with Crippen LogP contribution in [0.4, 0.5) is 5.82 Å². The largest absolute Gasteiger partial charge is 0.381 e. The summed E-state index contributed by atoms with van der Waals surface area (Å²) in [6.07, 6.45) is 3.49. The standard InChI is InChI=1S/C19H21Cl2N3OS/c1-13-10-17(22-11-16(13)21)24-18(26)23-12-19(6-8-25-9-7-19)14-2-4-15(20)5-3-14/h2-5,10-11H,6-9,12H2,1H3,(H2,22,23,24,26). The number of aryl methyl sites for hydroxylation is 1. The molecule has 26 heavy (non-hydrogen) atoms. The van der Waals surface area contributed by atoms with Gasteiger partial charge >= 0.3 is 0 Å². The van der Waals surface area contributed by atoms with Crippen LogP contribution in [0.25, 0.3) is 0 Å². The summed E-state index contributed by atoms with van der Waals surface area (Å²) < 4.78 is 5.57. The van der Waals surface area contributed by atoms with Crippen LogP contribution in [0, 0.1) is 6.92 Å². The molecule has 1 aliphatic rings. The quantitative estimate of drug-likeness (QED) is 0.714. The monoisotopic (exact) mass is 409 g/mol. The average molecular weight is 410 g/mol. The summed E-state index contributed by atoms with van der Waals surface area (Å²) in [5.74, 6) is 0.678. The third kappa shape index (κ3) is 4.65. The zero-order chi connectivity index (χ0) is 18.6. The fraction of sp³-hybridized carbons (Fsp3) is 0.368. The molecule has 0 radical (unpaired) electrons. The molecule has 7 heteroatoms. The van der Waals surface area contributed by atoms with Crippen LogP contribution in [-0.2, 0) is 10.2 Å². The Hall–Kier alpha value is -1.40. The van der Waals surface area contributed by atoms with E-state index in [9.17, 15) is 0 Å². The second kappa shape index (κ2) is 8.53. The maximum atomic E-state index is 6.05. The molecule has 0 bridgehead atoms. The van der Waals surface area contributed by atoms with Crippen molar-refractivity contribution in [3.63, 3.8) is 0 Å². The third-order valence-corrected chi connectivity index (χ3v) is 5.68. The van der Waals surface area contributed by atoms with Crippen LogP contribution in [-0.4, -0.2) is 29.9 Å². The number of benzene rings is 1. The number of rotatable bonds is 4. The van der Waals surface area contributed by atoms with Crippen LogP contribution in [0.3, 0.4) is 0 Å². The van der Waals surface area contributed by atoms with Gasteiger partial charge in [-0.2, -0.15) is 0 Å². The zero-order valence-corrected chi connectivity index (χ0v) is 16.8. The third-order valence-electron chi connectivity index (χ3n) is 4.78. The highest BCUT2D eigenvalue weighted by molar-refractivity contribution is 7.80. The van der Waals surface area contributed by atoms with Crippen molar-refractivity contribution in [1.82, 2.24) is 10.3 Å². The number of pyridine rings is 1. The molecule has 2 heterocycles.